The number of halogens is 1. The van der Waals surface area contributed by atoms with E-state index in [-0.39, 0.29) is 11.0 Å². The number of fused-ring (bicyclic) bond motifs is 3. The van der Waals surface area contributed by atoms with E-state index in [1.54, 1.807) is 18.2 Å². The molecule has 4 N–H and O–H groups in total. The molecule has 0 saturated heterocycles. The molecule has 5 nitrogen and oxygen atoms in total. The summed E-state index contributed by atoms with van der Waals surface area (Å²) in [5.74, 6) is -2.72. The highest BCUT2D eigenvalue weighted by Crippen LogP contribution is 2.51. The van der Waals surface area contributed by atoms with Gasteiger partial charge < -0.3 is 24.8 Å². The highest BCUT2D eigenvalue weighted by atomic mass is 79.9. The number of hydrogen-bond donors (Lipinski definition) is 4. The van der Waals surface area contributed by atoms with E-state index < -0.39 is 23.0 Å². The smallest absolute Gasteiger partial charge is 0.208 e. The van der Waals surface area contributed by atoms with Crippen molar-refractivity contribution >= 4 is 37.9 Å². The van der Waals surface area contributed by atoms with E-state index in [2.05, 4.69) is 15.9 Å². The molecule has 0 saturated carbocycles. The van der Waals surface area contributed by atoms with Gasteiger partial charge in [-0.25, -0.2) is 0 Å². The van der Waals surface area contributed by atoms with Gasteiger partial charge in [0.25, 0.3) is 0 Å². The largest absolute Gasteiger partial charge is 0.504 e. The van der Waals surface area contributed by atoms with Crippen LogP contribution in [0.4, 0.5) is 0 Å². The normalized spacial score (nSPS) is 11.4. The topological polar surface area (TPSA) is 94.1 Å². The SMILES string of the molecule is Oc1c(O)c(O)c2c(oc3ccc(Br)cc32)c1O. The number of phenolic OH excluding ortho intramolecular Hbond substituents is 4. The van der Waals surface area contributed by atoms with Crippen LogP contribution in [0.1, 0.15) is 0 Å². The lowest BCUT2D eigenvalue weighted by Gasteiger charge is -2.04. The van der Waals surface area contributed by atoms with Crippen LogP contribution < -0.4 is 0 Å². The van der Waals surface area contributed by atoms with Crippen molar-refractivity contribution in [2.24, 2.45) is 0 Å². The molecule has 3 aromatic rings. The standard InChI is InChI=1S/C12H7BrO5/c13-4-1-2-6-5(3-4)7-8(14)9(15)10(16)11(17)12(7)18-6/h1-3,14-17H. The zero-order chi connectivity index (χ0) is 13.0. The van der Waals surface area contributed by atoms with Crippen LogP contribution in [0.5, 0.6) is 23.0 Å². The highest BCUT2D eigenvalue weighted by Gasteiger charge is 2.23. The molecule has 3 rings (SSSR count). The number of hydrogen-bond acceptors (Lipinski definition) is 5. The van der Waals surface area contributed by atoms with Crippen LogP contribution in [0, 0.1) is 0 Å². The Balaban J connectivity index is 2.64. The van der Waals surface area contributed by atoms with Gasteiger partial charge in [-0.2, -0.15) is 0 Å². The number of phenols is 4. The summed E-state index contributed by atoms with van der Waals surface area (Å²) in [7, 11) is 0. The Morgan fingerprint density at radius 3 is 2.28 bits per heavy atom. The molecule has 1 aromatic heterocycles. The second-order valence-electron chi connectivity index (χ2n) is 3.84. The van der Waals surface area contributed by atoms with E-state index in [0.717, 1.165) is 4.47 Å². The molecule has 0 unspecified atom stereocenters. The molecule has 0 fully saturated rings. The molecule has 92 valence electrons. The molecule has 1 heterocycles. The van der Waals surface area contributed by atoms with Crippen molar-refractivity contribution in [3.05, 3.63) is 22.7 Å². The summed E-state index contributed by atoms with van der Waals surface area (Å²) >= 11 is 3.28. The van der Waals surface area contributed by atoms with Gasteiger partial charge in [0.2, 0.25) is 17.2 Å². The lowest BCUT2D eigenvalue weighted by atomic mass is 10.1. The van der Waals surface area contributed by atoms with Crippen LogP contribution in [0.25, 0.3) is 21.9 Å². The average Bonchev–Trinajstić information content (AvgIpc) is 2.72. The Hall–Kier alpha value is -2.08. The Morgan fingerprint density at radius 2 is 1.56 bits per heavy atom. The molecule has 0 radical (unpaired) electrons. The molecular weight excluding hydrogens is 304 g/mol. The fourth-order valence-corrected chi connectivity index (χ4v) is 2.28. The van der Waals surface area contributed by atoms with Gasteiger partial charge >= 0.3 is 0 Å². The first-order valence-corrected chi connectivity index (χ1v) is 5.77. The third-order valence-corrected chi connectivity index (χ3v) is 3.27. The van der Waals surface area contributed by atoms with E-state index >= 15 is 0 Å². The van der Waals surface area contributed by atoms with Crippen LogP contribution in [-0.2, 0) is 0 Å². The summed E-state index contributed by atoms with van der Waals surface area (Å²) < 4.78 is 6.11. The molecule has 0 bridgehead atoms. The molecule has 2 aromatic carbocycles. The molecule has 0 spiro atoms. The summed E-state index contributed by atoms with van der Waals surface area (Å²) in [5, 5.41) is 39.2. The summed E-state index contributed by atoms with van der Waals surface area (Å²) in [6.07, 6.45) is 0. The van der Waals surface area contributed by atoms with Crippen molar-refractivity contribution in [2.45, 2.75) is 0 Å². The summed E-state index contributed by atoms with van der Waals surface area (Å²) in [5.41, 5.74) is 0.347. The predicted molar refractivity (Wildman–Crippen MR) is 68.1 cm³/mol. The minimum atomic E-state index is -0.807. The minimum absolute atomic E-state index is 0.0732. The number of aromatic hydroxyl groups is 4. The van der Waals surface area contributed by atoms with Crippen LogP contribution in [-0.4, -0.2) is 20.4 Å². The van der Waals surface area contributed by atoms with Crippen molar-refractivity contribution in [1.82, 2.24) is 0 Å². The van der Waals surface area contributed by atoms with Crippen LogP contribution >= 0.6 is 15.9 Å². The fraction of sp³-hybridized carbons (Fsp3) is 0. The van der Waals surface area contributed by atoms with Gasteiger partial charge in [-0.3, -0.25) is 0 Å². The van der Waals surface area contributed by atoms with Gasteiger partial charge in [0.1, 0.15) is 5.58 Å². The Kier molecular flexibility index (Phi) is 2.12. The molecule has 0 aliphatic heterocycles. The maximum atomic E-state index is 9.84. The second kappa shape index (κ2) is 3.46. The molecular formula is C12H7BrO5. The number of rotatable bonds is 0. The first kappa shape index (κ1) is 11.0. The summed E-state index contributed by atoms with van der Waals surface area (Å²) in [6.45, 7) is 0. The van der Waals surface area contributed by atoms with Gasteiger partial charge in [-0.15, -0.1) is 0 Å². The monoisotopic (exact) mass is 310 g/mol. The van der Waals surface area contributed by atoms with E-state index in [0.29, 0.717) is 11.0 Å². The van der Waals surface area contributed by atoms with Gasteiger partial charge in [0.15, 0.2) is 11.3 Å². The summed E-state index contributed by atoms with van der Waals surface area (Å²) in [6, 6.07) is 5.06. The van der Waals surface area contributed by atoms with Crippen molar-refractivity contribution in [3.63, 3.8) is 0 Å². The second-order valence-corrected chi connectivity index (χ2v) is 4.76. The quantitative estimate of drug-likeness (QED) is 0.378. The lowest BCUT2D eigenvalue weighted by Crippen LogP contribution is -1.76. The Labute approximate surface area is 109 Å². The van der Waals surface area contributed by atoms with E-state index in [9.17, 15) is 20.4 Å². The molecule has 18 heavy (non-hydrogen) atoms. The number of furan rings is 1. The minimum Gasteiger partial charge on any atom is -0.504 e. The van der Waals surface area contributed by atoms with Crippen LogP contribution in [0.15, 0.2) is 27.1 Å². The lowest BCUT2D eigenvalue weighted by molar-refractivity contribution is 0.348. The summed E-state index contributed by atoms with van der Waals surface area (Å²) in [4.78, 5) is 0. The van der Waals surface area contributed by atoms with E-state index in [4.69, 9.17) is 4.42 Å². The first-order chi connectivity index (χ1) is 8.50. The van der Waals surface area contributed by atoms with E-state index in [1.165, 1.54) is 0 Å². The third kappa shape index (κ3) is 1.26. The maximum Gasteiger partial charge on any atom is 0.208 e. The molecule has 0 amide bonds. The van der Waals surface area contributed by atoms with Crippen LogP contribution in [0.2, 0.25) is 0 Å². The zero-order valence-electron chi connectivity index (χ0n) is 8.81. The molecule has 0 atom stereocenters. The van der Waals surface area contributed by atoms with Crippen molar-refractivity contribution in [3.8, 4) is 23.0 Å². The van der Waals surface area contributed by atoms with Gasteiger partial charge in [0, 0.05) is 9.86 Å². The van der Waals surface area contributed by atoms with Crippen molar-refractivity contribution in [1.29, 1.82) is 0 Å². The molecule has 0 aliphatic rings. The molecule has 6 heteroatoms. The van der Waals surface area contributed by atoms with Crippen molar-refractivity contribution in [2.75, 3.05) is 0 Å². The Bertz CT molecular complexity index is 790. The fourth-order valence-electron chi connectivity index (χ4n) is 1.92. The van der Waals surface area contributed by atoms with E-state index in [1.807, 2.05) is 0 Å². The first-order valence-electron chi connectivity index (χ1n) is 4.98. The van der Waals surface area contributed by atoms with Crippen LogP contribution in [0.3, 0.4) is 0 Å². The maximum absolute atomic E-state index is 9.84. The predicted octanol–water partition coefficient (Wildman–Crippen LogP) is 3.17. The average molecular weight is 311 g/mol. The molecule has 0 aliphatic carbocycles. The van der Waals surface area contributed by atoms with Gasteiger partial charge in [-0.05, 0) is 18.2 Å². The Morgan fingerprint density at radius 1 is 0.889 bits per heavy atom. The third-order valence-electron chi connectivity index (χ3n) is 2.77. The number of benzene rings is 2. The van der Waals surface area contributed by atoms with Gasteiger partial charge in [0.05, 0.1) is 5.39 Å². The van der Waals surface area contributed by atoms with Gasteiger partial charge in [-0.1, -0.05) is 15.9 Å². The van der Waals surface area contributed by atoms with Crippen molar-refractivity contribution < 1.29 is 24.8 Å². The zero-order valence-corrected chi connectivity index (χ0v) is 10.4. The highest BCUT2D eigenvalue weighted by molar-refractivity contribution is 9.10.